The Morgan fingerprint density at radius 3 is 1.91 bits per heavy atom. The van der Waals surface area contributed by atoms with E-state index < -0.39 is 0 Å². The van der Waals surface area contributed by atoms with Crippen LogP contribution in [0.25, 0.3) is 0 Å². The summed E-state index contributed by atoms with van der Waals surface area (Å²) in [4.78, 5) is 20.3. The van der Waals surface area contributed by atoms with Crippen molar-refractivity contribution < 1.29 is 4.79 Å². The number of nitrogens with one attached hydrogen (secondary N) is 2. The fraction of sp³-hybridized carbons (Fsp3) is 0.462. The van der Waals surface area contributed by atoms with Gasteiger partial charge in [-0.25, -0.2) is 0 Å². The van der Waals surface area contributed by atoms with E-state index in [9.17, 15) is 4.79 Å². The van der Waals surface area contributed by atoms with Crippen molar-refractivity contribution in [3.05, 3.63) is 65.2 Å². The minimum atomic E-state index is 0.0120. The molecule has 1 aliphatic carbocycles. The number of guanidine groups is 1. The molecule has 1 fully saturated rings. The molecule has 0 spiro atoms. The number of carbonyl (C=O) groups excluding carboxylic acids is 1. The Morgan fingerprint density at radius 2 is 1.41 bits per heavy atom. The molecule has 0 unspecified atom stereocenters. The molecule has 2 aromatic carbocycles. The van der Waals surface area contributed by atoms with E-state index in [0.717, 1.165) is 11.5 Å². The van der Waals surface area contributed by atoms with Crippen molar-refractivity contribution in [2.75, 3.05) is 33.1 Å². The lowest BCUT2D eigenvalue weighted by atomic mass is 9.94. The van der Waals surface area contributed by atoms with Crippen LogP contribution in [0.3, 0.4) is 0 Å². The van der Waals surface area contributed by atoms with Gasteiger partial charge in [0.2, 0.25) is 0 Å². The number of carbonyl (C=O) groups is 1. The maximum absolute atomic E-state index is 12.0. The summed E-state index contributed by atoms with van der Waals surface area (Å²) in [5.74, 6) is 0.764. The fourth-order valence-electron chi connectivity index (χ4n) is 4.14. The fourth-order valence-corrected chi connectivity index (χ4v) is 4.14. The molecule has 32 heavy (non-hydrogen) atoms. The van der Waals surface area contributed by atoms with Gasteiger partial charge in [-0.3, -0.25) is 9.79 Å². The van der Waals surface area contributed by atoms with Crippen LogP contribution in [0, 0.1) is 0 Å². The van der Waals surface area contributed by atoms with Crippen LogP contribution >= 0.6 is 0 Å². The Bertz CT molecular complexity index is 883. The van der Waals surface area contributed by atoms with Crippen LogP contribution in [-0.2, 0) is 13.1 Å². The summed E-state index contributed by atoms with van der Waals surface area (Å²) in [5.41, 5.74) is 4.30. The van der Waals surface area contributed by atoms with E-state index in [4.69, 9.17) is 0 Å². The average molecular weight is 436 g/mol. The Balaban J connectivity index is 1.47. The first-order chi connectivity index (χ1) is 15.5. The maximum Gasteiger partial charge on any atom is 0.253 e. The first kappa shape index (κ1) is 23.6. The smallest absolute Gasteiger partial charge is 0.253 e. The van der Waals surface area contributed by atoms with Crippen molar-refractivity contribution in [1.82, 2.24) is 15.5 Å². The van der Waals surface area contributed by atoms with Gasteiger partial charge in [0.15, 0.2) is 5.96 Å². The Kier molecular flexibility index (Phi) is 8.54. The third-order valence-corrected chi connectivity index (χ3v) is 6.22. The van der Waals surface area contributed by atoms with E-state index in [1.54, 1.807) is 26.0 Å². The molecule has 0 radical (unpaired) electrons. The zero-order valence-corrected chi connectivity index (χ0v) is 19.9. The monoisotopic (exact) mass is 435 g/mol. The predicted molar refractivity (Wildman–Crippen MR) is 133 cm³/mol. The zero-order valence-electron chi connectivity index (χ0n) is 19.9. The van der Waals surface area contributed by atoms with Gasteiger partial charge >= 0.3 is 0 Å². The Morgan fingerprint density at radius 1 is 0.875 bits per heavy atom. The topological polar surface area (TPSA) is 60.0 Å². The predicted octanol–water partition coefficient (Wildman–Crippen LogP) is 4.02. The highest BCUT2D eigenvalue weighted by Gasteiger charge is 2.18. The van der Waals surface area contributed by atoms with Crippen molar-refractivity contribution in [3.63, 3.8) is 0 Å². The minimum Gasteiger partial charge on any atom is -0.372 e. The first-order valence-electron chi connectivity index (χ1n) is 11.5. The molecule has 6 heteroatoms. The second-order valence-corrected chi connectivity index (χ2v) is 8.75. The first-order valence-corrected chi connectivity index (χ1v) is 11.5. The van der Waals surface area contributed by atoms with Crippen LogP contribution in [0.5, 0.6) is 0 Å². The molecule has 172 valence electrons. The van der Waals surface area contributed by atoms with E-state index in [1.165, 1.54) is 43.4 Å². The highest BCUT2D eigenvalue weighted by atomic mass is 16.2. The van der Waals surface area contributed by atoms with Crippen LogP contribution < -0.4 is 15.5 Å². The van der Waals surface area contributed by atoms with E-state index in [-0.39, 0.29) is 5.91 Å². The number of hydrogen-bond acceptors (Lipinski definition) is 3. The van der Waals surface area contributed by atoms with Gasteiger partial charge in [0.1, 0.15) is 0 Å². The van der Waals surface area contributed by atoms with Gasteiger partial charge < -0.3 is 20.4 Å². The third kappa shape index (κ3) is 6.49. The molecule has 6 nitrogen and oxygen atoms in total. The van der Waals surface area contributed by atoms with Crippen molar-refractivity contribution >= 4 is 17.6 Å². The van der Waals surface area contributed by atoms with Gasteiger partial charge in [-0.05, 0) is 48.2 Å². The van der Waals surface area contributed by atoms with Gasteiger partial charge in [0.05, 0.1) is 0 Å². The van der Waals surface area contributed by atoms with E-state index in [1.807, 2.05) is 24.3 Å². The zero-order chi connectivity index (χ0) is 22.9. The molecular formula is C26H37N5O. The second-order valence-electron chi connectivity index (χ2n) is 8.75. The van der Waals surface area contributed by atoms with Crippen LogP contribution in [0.4, 0.5) is 5.69 Å². The number of nitrogens with zero attached hydrogens (tertiary/aromatic N) is 3. The van der Waals surface area contributed by atoms with Crippen molar-refractivity contribution in [1.29, 1.82) is 0 Å². The largest absolute Gasteiger partial charge is 0.372 e. The summed E-state index contributed by atoms with van der Waals surface area (Å²) in [7, 11) is 7.51. The molecule has 0 atom stereocenters. The number of benzene rings is 2. The lowest BCUT2D eigenvalue weighted by Crippen LogP contribution is -2.36. The molecule has 0 aliphatic heterocycles. The molecular weight excluding hydrogens is 398 g/mol. The number of rotatable bonds is 7. The van der Waals surface area contributed by atoms with Gasteiger partial charge in [-0.2, -0.15) is 0 Å². The summed E-state index contributed by atoms with van der Waals surface area (Å²) in [6.45, 7) is 1.35. The summed E-state index contributed by atoms with van der Waals surface area (Å²) in [5, 5.41) is 6.71. The van der Waals surface area contributed by atoms with Crippen molar-refractivity contribution in [3.8, 4) is 0 Å². The summed E-state index contributed by atoms with van der Waals surface area (Å²) >= 11 is 0. The Labute approximate surface area is 192 Å². The van der Waals surface area contributed by atoms with Crippen molar-refractivity contribution in [2.45, 2.75) is 51.2 Å². The van der Waals surface area contributed by atoms with E-state index in [2.05, 4.69) is 51.8 Å². The molecule has 0 bridgehead atoms. The van der Waals surface area contributed by atoms with Gasteiger partial charge in [-0.1, -0.05) is 43.5 Å². The van der Waals surface area contributed by atoms with Gasteiger partial charge in [-0.15, -0.1) is 0 Å². The molecule has 1 aliphatic rings. The molecule has 2 N–H and O–H groups in total. The molecule has 1 saturated carbocycles. The molecule has 1 amide bonds. The minimum absolute atomic E-state index is 0.0120. The highest BCUT2D eigenvalue weighted by Crippen LogP contribution is 2.26. The van der Waals surface area contributed by atoms with Gasteiger partial charge in [0, 0.05) is 58.6 Å². The number of anilines is 1. The van der Waals surface area contributed by atoms with E-state index >= 15 is 0 Å². The normalized spacial score (nSPS) is 14.7. The maximum atomic E-state index is 12.0. The SMILES string of the molecule is CN=C(NCc1ccc(C(=O)N(C)C)cc1)NCc1ccc(N(C)C2CCCCC2)cc1. The molecule has 0 saturated heterocycles. The average Bonchev–Trinajstić information content (AvgIpc) is 2.84. The molecule has 2 aromatic rings. The van der Waals surface area contributed by atoms with E-state index in [0.29, 0.717) is 24.7 Å². The van der Waals surface area contributed by atoms with Gasteiger partial charge in [0.25, 0.3) is 5.91 Å². The molecule has 3 rings (SSSR count). The molecule has 0 heterocycles. The third-order valence-electron chi connectivity index (χ3n) is 6.22. The Hall–Kier alpha value is -3.02. The summed E-state index contributed by atoms with van der Waals surface area (Å²) in [6.07, 6.45) is 6.68. The molecule has 0 aromatic heterocycles. The lowest BCUT2D eigenvalue weighted by molar-refractivity contribution is 0.0827. The quantitative estimate of drug-likeness (QED) is 0.509. The lowest BCUT2D eigenvalue weighted by Gasteiger charge is -2.33. The standard InChI is InChI=1S/C26H37N5O/c1-27-26(28-18-20-10-14-22(15-11-20)25(32)30(2)3)29-19-21-12-16-24(17-13-21)31(4)23-8-6-5-7-9-23/h10-17,23H,5-9,18-19H2,1-4H3,(H2,27,28,29). The van der Waals surface area contributed by atoms with Crippen LogP contribution in [0.2, 0.25) is 0 Å². The summed E-state index contributed by atoms with van der Waals surface area (Å²) in [6, 6.07) is 17.2. The van der Waals surface area contributed by atoms with Crippen LogP contribution in [-0.4, -0.2) is 51.0 Å². The van der Waals surface area contributed by atoms with Crippen LogP contribution in [0.15, 0.2) is 53.5 Å². The second kappa shape index (κ2) is 11.6. The number of hydrogen-bond donors (Lipinski definition) is 2. The summed E-state index contributed by atoms with van der Waals surface area (Å²) < 4.78 is 0. The highest BCUT2D eigenvalue weighted by molar-refractivity contribution is 5.93. The number of amides is 1. The van der Waals surface area contributed by atoms with Crippen LogP contribution in [0.1, 0.15) is 53.6 Å². The van der Waals surface area contributed by atoms with Crippen molar-refractivity contribution in [2.24, 2.45) is 4.99 Å². The number of aliphatic imine (C=N–C) groups is 1.